The summed E-state index contributed by atoms with van der Waals surface area (Å²) in [6.07, 6.45) is 4.14. The summed E-state index contributed by atoms with van der Waals surface area (Å²) in [5.74, 6) is 1.18. The molecule has 2 saturated heterocycles. The smallest absolute Gasteiger partial charge is 0.231 e. The second-order valence-corrected chi connectivity index (χ2v) is 9.33. The van der Waals surface area contributed by atoms with Crippen LogP contribution in [0.2, 0.25) is 0 Å². The van der Waals surface area contributed by atoms with Gasteiger partial charge in [-0.25, -0.2) is 14.1 Å². The number of hydrogen-bond donors (Lipinski definition) is 2. The molecule has 2 N–H and O–H groups in total. The van der Waals surface area contributed by atoms with E-state index in [9.17, 15) is 5.11 Å². The number of anilines is 1. The van der Waals surface area contributed by atoms with Crippen LogP contribution in [0.15, 0.2) is 24.4 Å². The molecule has 0 amide bonds. The minimum Gasteiger partial charge on any atom is -0.507 e. The number of rotatable bonds is 4. The van der Waals surface area contributed by atoms with Gasteiger partial charge in [-0.2, -0.15) is 15.3 Å². The van der Waals surface area contributed by atoms with E-state index in [4.69, 9.17) is 5.26 Å². The summed E-state index contributed by atoms with van der Waals surface area (Å²) in [5, 5.41) is 35.8. The van der Waals surface area contributed by atoms with Crippen LogP contribution < -0.4 is 10.2 Å². The summed E-state index contributed by atoms with van der Waals surface area (Å²) >= 11 is 0. The Kier molecular flexibility index (Phi) is 5.40. The van der Waals surface area contributed by atoms with Crippen LogP contribution in [-0.2, 0) is 7.05 Å². The van der Waals surface area contributed by atoms with Crippen molar-refractivity contribution in [2.75, 3.05) is 11.9 Å². The highest BCUT2D eigenvalue weighted by molar-refractivity contribution is 5.70. The zero-order valence-corrected chi connectivity index (χ0v) is 19.3. The minimum absolute atomic E-state index is 0.0608. The van der Waals surface area contributed by atoms with E-state index in [-0.39, 0.29) is 23.4 Å². The fraction of sp³-hybridized carbons (Fsp3) is 0.478. The normalized spacial score (nSPS) is 26.1. The molecule has 34 heavy (non-hydrogen) atoms. The number of aromatic nitrogens is 6. The van der Waals surface area contributed by atoms with Gasteiger partial charge in [-0.05, 0) is 44.7 Å². The minimum atomic E-state index is -1.03. The summed E-state index contributed by atoms with van der Waals surface area (Å²) in [6.45, 7) is 1.96. The monoisotopic (exact) mass is 463 g/mol. The van der Waals surface area contributed by atoms with E-state index in [2.05, 4.69) is 30.6 Å². The van der Waals surface area contributed by atoms with E-state index >= 15 is 4.39 Å². The third-order valence-electron chi connectivity index (χ3n) is 7.02. The molecule has 0 spiro atoms. The molecule has 0 aliphatic carbocycles. The predicted octanol–water partition coefficient (Wildman–Crippen LogP) is 2.36. The van der Waals surface area contributed by atoms with Gasteiger partial charge in [0.25, 0.3) is 0 Å². The molecule has 0 unspecified atom stereocenters. The number of alkyl halides is 1. The molecule has 2 aliphatic heterocycles. The lowest BCUT2D eigenvalue weighted by Crippen LogP contribution is -2.68. The Hall–Kier alpha value is -3.65. The Morgan fingerprint density at radius 2 is 2.15 bits per heavy atom. The Morgan fingerprint density at radius 3 is 2.82 bits per heavy atom. The van der Waals surface area contributed by atoms with Gasteiger partial charge in [0.1, 0.15) is 18.0 Å². The molecule has 176 valence electrons. The maximum absolute atomic E-state index is 15.4. The van der Waals surface area contributed by atoms with Crippen LogP contribution in [0.4, 0.5) is 10.2 Å². The number of piperidine rings is 2. The van der Waals surface area contributed by atoms with E-state index in [0.717, 1.165) is 19.3 Å². The average Bonchev–Trinajstić information content (AvgIpc) is 3.22. The summed E-state index contributed by atoms with van der Waals surface area (Å²) in [6, 6.07) is 6.82. The topological polar surface area (TPSA) is 129 Å². The van der Waals surface area contributed by atoms with E-state index in [1.54, 1.807) is 25.4 Å². The maximum atomic E-state index is 15.4. The largest absolute Gasteiger partial charge is 0.507 e. The van der Waals surface area contributed by atoms with Crippen molar-refractivity contribution in [2.45, 2.75) is 56.4 Å². The highest BCUT2D eigenvalue weighted by Gasteiger charge is 2.49. The third kappa shape index (κ3) is 3.74. The number of benzene rings is 1. The quantitative estimate of drug-likeness (QED) is 0.599. The molecule has 0 saturated carbocycles. The summed E-state index contributed by atoms with van der Waals surface area (Å²) in [5.41, 5.74) is 0.431. The van der Waals surface area contributed by atoms with Gasteiger partial charge in [-0.1, -0.05) is 6.07 Å². The van der Waals surface area contributed by atoms with Crippen molar-refractivity contribution in [3.05, 3.63) is 30.2 Å². The molecule has 4 atom stereocenters. The lowest BCUT2D eigenvalue weighted by atomic mass is 9.73. The van der Waals surface area contributed by atoms with Crippen molar-refractivity contribution in [1.82, 2.24) is 35.3 Å². The number of nitrogens with one attached hydrogen (secondary N) is 1. The first-order valence-electron chi connectivity index (χ1n) is 11.3. The molecule has 10 nitrogen and oxygen atoms in total. The van der Waals surface area contributed by atoms with Gasteiger partial charge in [-0.15, -0.1) is 10.2 Å². The van der Waals surface area contributed by atoms with E-state index < -0.39 is 11.7 Å². The van der Waals surface area contributed by atoms with Gasteiger partial charge in [0, 0.05) is 31.2 Å². The number of nitrogens with zero attached hydrogens (tertiary/aromatic N) is 8. The molecule has 2 aliphatic rings. The first kappa shape index (κ1) is 22.2. The number of aromatic hydroxyl groups is 1. The van der Waals surface area contributed by atoms with Gasteiger partial charge in [-0.3, -0.25) is 0 Å². The highest BCUT2D eigenvalue weighted by atomic mass is 19.1. The fourth-order valence-corrected chi connectivity index (χ4v) is 5.10. The molecule has 5 rings (SSSR count). The van der Waals surface area contributed by atoms with Crippen molar-refractivity contribution in [3.63, 3.8) is 0 Å². The molecule has 2 bridgehead atoms. The van der Waals surface area contributed by atoms with E-state index in [1.165, 1.54) is 10.7 Å². The van der Waals surface area contributed by atoms with Crippen LogP contribution in [0.25, 0.3) is 22.8 Å². The van der Waals surface area contributed by atoms with Gasteiger partial charge in [0.15, 0.2) is 17.5 Å². The van der Waals surface area contributed by atoms with Gasteiger partial charge < -0.3 is 15.3 Å². The second kappa shape index (κ2) is 8.29. The Bertz CT molecular complexity index is 1250. The van der Waals surface area contributed by atoms with Gasteiger partial charge >= 0.3 is 0 Å². The standard InChI is InChI=1S/C23H26FN9O/c1-23-8-4-5-14(28-23)10-16(20(23)24)32(2)19-12-26-22(30-29-19)15-7-6-13(9-17(15)34)21-27-18(11-25)33(3)31-21/h6-7,9,12,14,16,20,28,34H,4-5,8,10H2,1-3H3/t14-,16+,20+,23-/m0/s1. The average molecular weight is 464 g/mol. The molecule has 2 fully saturated rings. The molecule has 2 aromatic heterocycles. The number of phenolic OH excluding ortho intramolecular Hbond substituents is 1. The van der Waals surface area contributed by atoms with E-state index in [1.807, 2.05) is 24.9 Å². The molecular formula is C23H26FN9O. The number of hydrogen-bond acceptors (Lipinski definition) is 9. The molecule has 3 aromatic rings. The van der Waals surface area contributed by atoms with Crippen molar-refractivity contribution in [3.8, 4) is 34.6 Å². The summed E-state index contributed by atoms with van der Waals surface area (Å²) in [4.78, 5) is 10.4. The van der Waals surface area contributed by atoms with Crippen molar-refractivity contribution in [1.29, 1.82) is 5.26 Å². The fourth-order valence-electron chi connectivity index (χ4n) is 5.10. The van der Waals surface area contributed by atoms with E-state index in [0.29, 0.717) is 35.2 Å². The van der Waals surface area contributed by atoms with Crippen LogP contribution in [-0.4, -0.2) is 65.9 Å². The number of fused-ring (bicyclic) bond motifs is 2. The third-order valence-corrected chi connectivity index (χ3v) is 7.02. The van der Waals surface area contributed by atoms with Crippen molar-refractivity contribution < 1.29 is 9.50 Å². The predicted molar refractivity (Wildman–Crippen MR) is 123 cm³/mol. The summed E-state index contributed by atoms with van der Waals surface area (Å²) in [7, 11) is 3.46. The molecule has 4 heterocycles. The highest BCUT2D eigenvalue weighted by Crippen LogP contribution is 2.38. The van der Waals surface area contributed by atoms with Gasteiger partial charge in [0.2, 0.25) is 5.82 Å². The lowest BCUT2D eigenvalue weighted by Gasteiger charge is -2.52. The van der Waals surface area contributed by atoms with Crippen LogP contribution in [0.5, 0.6) is 5.75 Å². The zero-order valence-electron chi connectivity index (χ0n) is 19.3. The van der Waals surface area contributed by atoms with Gasteiger partial charge in [0.05, 0.1) is 17.8 Å². The molecular weight excluding hydrogens is 437 g/mol. The Morgan fingerprint density at radius 1 is 1.32 bits per heavy atom. The number of aryl methyl sites for hydroxylation is 1. The maximum Gasteiger partial charge on any atom is 0.231 e. The number of nitriles is 1. The SMILES string of the molecule is CN(c1cnc(-c2ccc(-c3nc(C#N)n(C)n3)cc2O)nn1)[C@@H]1C[C@@H]2CCC[C@](C)(N2)[C@@H]1F. The number of phenols is 1. The van der Waals surface area contributed by atoms with Crippen LogP contribution >= 0.6 is 0 Å². The Balaban J connectivity index is 1.36. The molecule has 11 heteroatoms. The first-order chi connectivity index (χ1) is 16.3. The first-order valence-corrected chi connectivity index (χ1v) is 11.3. The van der Waals surface area contributed by atoms with Crippen LogP contribution in [0, 0.1) is 11.3 Å². The Labute approximate surface area is 196 Å². The second-order valence-electron chi connectivity index (χ2n) is 9.33. The van der Waals surface area contributed by atoms with Crippen molar-refractivity contribution in [2.24, 2.45) is 7.05 Å². The zero-order chi connectivity index (χ0) is 24.0. The van der Waals surface area contributed by atoms with Crippen LogP contribution in [0.1, 0.15) is 38.4 Å². The lowest BCUT2D eigenvalue weighted by molar-refractivity contribution is 0.0405. The van der Waals surface area contributed by atoms with Crippen molar-refractivity contribution >= 4 is 5.82 Å². The molecule has 0 radical (unpaired) electrons. The van der Waals surface area contributed by atoms with Crippen LogP contribution in [0.3, 0.4) is 0 Å². The molecule has 1 aromatic carbocycles. The number of halogens is 1. The summed E-state index contributed by atoms with van der Waals surface area (Å²) < 4.78 is 16.8.